The number of carbonyl (C=O) groups excluding carboxylic acids is 2. The minimum Gasteiger partial charge on any atom is -0.471 e. The first-order valence-electron chi connectivity index (χ1n) is 9.30. The van der Waals surface area contributed by atoms with Gasteiger partial charge in [-0.15, -0.1) is 13.2 Å². The van der Waals surface area contributed by atoms with Crippen LogP contribution in [0.1, 0.15) is 23.0 Å². The van der Waals surface area contributed by atoms with Crippen LogP contribution < -0.4 is 10.1 Å². The molecule has 1 N–H and O–H groups in total. The Hall–Kier alpha value is -3.56. The fourth-order valence-corrected chi connectivity index (χ4v) is 2.63. The second-order valence-electron chi connectivity index (χ2n) is 6.56. The van der Waals surface area contributed by atoms with Gasteiger partial charge in [-0.1, -0.05) is 18.2 Å². The molecular weight excluding hydrogens is 413 g/mol. The Balaban J connectivity index is 1.96. The third-order valence-corrected chi connectivity index (χ3v) is 4.13. The number of nitrogens with zero attached hydrogens (tertiary/aromatic N) is 3. The Labute approximate surface area is 177 Å². The molecule has 1 heterocycles. The number of hydrogen-bond acceptors (Lipinski definition) is 4. The summed E-state index contributed by atoms with van der Waals surface area (Å²) in [6.45, 7) is 9.17. The van der Waals surface area contributed by atoms with Crippen molar-refractivity contribution in [1.82, 2.24) is 20.0 Å². The molecule has 166 valence electrons. The van der Waals surface area contributed by atoms with Crippen molar-refractivity contribution < 1.29 is 27.5 Å². The summed E-state index contributed by atoms with van der Waals surface area (Å²) >= 11 is 0. The number of alkyl halides is 3. The number of amides is 2. The number of hydrogen-bond donors (Lipinski definition) is 1. The van der Waals surface area contributed by atoms with Crippen molar-refractivity contribution in [3.8, 4) is 5.75 Å². The molecule has 1 aromatic heterocycles. The first-order valence-corrected chi connectivity index (χ1v) is 9.30. The molecule has 2 amide bonds. The van der Waals surface area contributed by atoms with Gasteiger partial charge in [-0.3, -0.25) is 9.59 Å². The molecule has 10 heteroatoms. The fourth-order valence-electron chi connectivity index (χ4n) is 2.63. The highest BCUT2D eigenvalue weighted by atomic mass is 19.4. The fraction of sp³-hybridized carbons (Fsp3) is 0.286. The van der Waals surface area contributed by atoms with E-state index in [1.807, 2.05) is 0 Å². The highest BCUT2D eigenvalue weighted by Gasteiger charge is 2.30. The van der Waals surface area contributed by atoms with Gasteiger partial charge in [0.15, 0.2) is 6.73 Å². The maximum Gasteiger partial charge on any atom is 0.416 e. The number of aromatic nitrogens is 2. The van der Waals surface area contributed by atoms with Crippen LogP contribution in [-0.2, 0) is 17.7 Å². The number of nitrogens with one attached hydrogen (secondary N) is 1. The van der Waals surface area contributed by atoms with E-state index < -0.39 is 23.7 Å². The molecule has 1 unspecified atom stereocenters. The number of halogens is 3. The molecule has 1 aromatic carbocycles. The van der Waals surface area contributed by atoms with Gasteiger partial charge in [-0.2, -0.15) is 18.3 Å². The first kappa shape index (κ1) is 23.7. The lowest BCUT2D eigenvalue weighted by atomic mass is 10.2. The molecule has 0 aliphatic carbocycles. The Bertz CT molecular complexity index is 930. The van der Waals surface area contributed by atoms with Gasteiger partial charge in [0.05, 0.1) is 5.56 Å². The van der Waals surface area contributed by atoms with Crippen molar-refractivity contribution in [2.45, 2.75) is 25.9 Å². The zero-order valence-electron chi connectivity index (χ0n) is 16.9. The highest BCUT2D eigenvalue weighted by molar-refractivity contribution is 5.95. The van der Waals surface area contributed by atoms with Crippen molar-refractivity contribution in [1.29, 1.82) is 0 Å². The molecule has 0 radical (unpaired) electrons. The lowest BCUT2D eigenvalue weighted by Gasteiger charge is -2.23. The van der Waals surface area contributed by atoms with Gasteiger partial charge < -0.3 is 15.0 Å². The van der Waals surface area contributed by atoms with Crippen molar-refractivity contribution in [3.63, 3.8) is 0 Å². The second-order valence-corrected chi connectivity index (χ2v) is 6.56. The summed E-state index contributed by atoms with van der Waals surface area (Å²) in [5.74, 6) is -0.864. The first-order chi connectivity index (χ1) is 14.7. The van der Waals surface area contributed by atoms with E-state index in [2.05, 4.69) is 23.6 Å². The van der Waals surface area contributed by atoms with Crippen LogP contribution in [0, 0.1) is 0 Å². The standard InChI is InChI=1S/C21H23F3N4O3/c1-4-10-27(11-5-2)20(30)15(3)25-19(29)18-9-12-28(26-18)14-31-17-8-6-7-16(13-17)21(22,23)24/h4-9,12-13,15H,1-2,10-11,14H2,3H3,(H,25,29). The van der Waals surface area contributed by atoms with Gasteiger partial charge in [-0.25, -0.2) is 4.68 Å². The van der Waals surface area contributed by atoms with Crippen molar-refractivity contribution in [3.05, 3.63) is 73.1 Å². The van der Waals surface area contributed by atoms with Gasteiger partial charge in [-0.05, 0) is 31.2 Å². The van der Waals surface area contributed by atoms with Crippen molar-refractivity contribution >= 4 is 11.8 Å². The van der Waals surface area contributed by atoms with Crippen molar-refractivity contribution in [2.24, 2.45) is 0 Å². The zero-order chi connectivity index (χ0) is 23.0. The zero-order valence-corrected chi connectivity index (χ0v) is 16.9. The molecule has 0 saturated carbocycles. The highest BCUT2D eigenvalue weighted by Crippen LogP contribution is 2.31. The topological polar surface area (TPSA) is 76.5 Å². The molecule has 0 aliphatic rings. The molecule has 0 fully saturated rings. The lowest BCUT2D eigenvalue weighted by Crippen LogP contribution is -2.47. The summed E-state index contributed by atoms with van der Waals surface area (Å²) in [7, 11) is 0. The average molecular weight is 436 g/mol. The summed E-state index contributed by atoms with van der Waals surface area (Å²) in [5, 5.41) is 6.59. The van der Waals surface area contributed by atoms with Crippen LogP contribution in [0.4, 0.5) is 13.2 Å². The molecule has 0 aliphatic heterocycles. The van der Waals surface area contributed by atoms with Gasteiger partial charge in [0, 0.05) is 19.3 Å². The van der Waals surface area contributed by atoms with Crippen LogP contribution in [0.2, 0.25) is 0 Å². The molecule has 1 atom stereocenters. The SMILES string of the molecule is C=CCN(CC=C)C(=O)C(C)NC(=O)c1ccn(COc2cccc(C(F)(F)F)c2)n1. The number of rotatable bonds is 10. The Morgan fingerprint density at radius 1 is 1.26 bits per heavy atom. The molecule has 31 heavy (non-hydrogen) atoms. The number of carbonyl (C=O) groups is 2. The predicted octanol–water partition coefficient (Wildman–Crippen LogP) is 3.26. The monoisotopic (exact) mass is 436 g/mol. The summed E-state index contributed by atoms with van der Waals surface area (Å²) in [6, 6.07) is 5.05. The molecule has 7 nitrogen and oxygen atoms in total. The van der Waals surface area contributed by atoms with Crippen LogP contribution in [0.15, 0.2) is 61.8 Å². The number of benzene rings is 1. The van der Waals surface area contributed by atoms with E-state index >= 15 is 0 Å². The van der Waals surface area contributed by atoms with E-state index in [4.69, 9.17) is 4.74 Å². The smallest absolute Gasteiger partial charge is 0.416 e. The summed E-state index contributed by atoms with van der Waals surface area (Å²) in [5.41, 5.74) is -0.794. The summed E-state index contributed by atoms with van der Waals surface area (Å²) in [6.07, 6.45) is 0.109. The Morgan fingerprint density at radius 3 is 2.55 bits per heavy atom. The van der Waals surface area contributed by atoms with Gasteiger partial charge in [0.1, 0.15) is 17.5 Å². The van der Waals surface area contributed by atoms with E-state index in [0.717, 1.165) is 12.1 Å². The molecule has 0 spiro atoms. The Kier molecular flexibility index (Phi) is 8.00. The third kappa shape index (κ3) is 6.73. The summed E-state index contributed by atoms with van der Waals surface area (Å²) in [4.78, 5) is 26.3. The van der Waals surface area contributed by atoms with Crippen LogP contribution >= 0.6 is 0 Å². The molecule has 2 aromatic rings. The van der Waals surface area contributed by atoms with E-state index in [9.17, 15) is 22.8 Å². The minimum atomic E-state index is -4.47. The molecule has 0 saturated heterocycles. The molecule has 0 bridgehead atoms. The predicted molar refractivity (Wildman–Crippen MR) is 108 cm³/mol. The van der Waals surface area contributed by atoms with E-state index in [0.29, 0.717) is 13.1 Å². The number of ether oxygens (including phenoxy) is 1. The normalized spacial score (nSPS) is 12.0. The van der Waals surface area contributed by atoms with Crippen molar-refractivity contribution in [2.75, 3.05) is 13.1 Å². The van der Waals surface area contributed by atoms with Crippen LogP contribution in [-0.4, -0.2) is 45.6 Å². The van der Waals surface area contributed by atoms with Gasteiger partial charge >= 0.3 is 6.18 Å². The summed E-state index contributed by atoms with van der Waals surface area (Å²) < 4.78 is 44.9. The maximum absolute atomic E-state index is 12.8. The van der Waals surface area contributed by atoms with Crippen LogP contribution in [0.5, 0.6) is 5.75 Å². The van der Waals surface area contributed by atoms with E-state index in [1.165, 1.54) is 34.0 Å². The second kappa shape index (κ2) is 10.5. The Morgan fingerprint density at radius 2 is 1.94 bits per heavy atom. The van der Waals surface area contributed by atoms with Crippen LogP contribution in [0.25, 0.3) is 0 Å². The average Bonchev–Trinajstić information content (AvgIpc) is 3.20. The third-order valence-electron chi connectivity index (χ3n) is 4.13. The van der Waals surface area contributed by atoms with E-state index in [-0.39, 0.29) is 24.1 Å². The molecular formula is C21H23F3N4O3. The van der Waals surface area contributed by atoms with Gasteiger partial charge in [0.2, 0.25) is 5.91 Å². The lowest BCUT2D eigenvalue weighted by molar-refractivity contribution is -0.137. The van der Waals surface area contributed by atoms with E-state index in [1.54, 1.807) is 19.1 Å². The largest absolute Gasteiger partial charge is 0.471 e. The van der Waals surface area contributed by atoms with Crippen LogP contribution in [0.3, 0.4) is 0 Å². The molecule has 2 rings (SSSR count). The maximum atomic E-state index is 12.8. The van der Waals surface area contributed by atoms with Gasteiger partial charge in [0.25, 0.3) is 5.91 Å². The minimum absolute atomic E-state index is 0.0140. The quantitative estimate of drug-likeness (QED) is 0.580.